The molecule has 1 aromatic carbocycles. The van der Waals surface area contributed by atoms with Gasteiger partial charge in [0.1, 0.15) is 5.69 Å². The molecule has 2 N–H and O–H groups in total. The summed E-state index contributed by atoms with van der Waals surface area (Å²) in [5, 5.41) is 3.54. The number of halogens is 3. The molecule has 3 heterocycles. The minimum absolute atomic E-state index is 0.0778. The molecule has 31 heavy (non-hydrogen) atoms. The van der Waals surface area contributed by atoms with Gasteiger partial charge in [0.25, 0.3) is 11.5 Å². The summed E-state index contributed by atoms with van der Waals surface area (Å²) >= 11 is 0. The van der Waals surface area contributed by atoms with Gasteiger partial charge in [-0.1, -0.05) is 12.1 Å². The number of carbonyl (C=O) groups excluding carboxylic acids is 1. The van der Waals surface area contributed by atoms with Crippen LogP contribution in [0, 0.1) is 6.92 Å². The van der Waals surface area contributed by atoms with Crippen molar-refractivity contribution < 1.29 is 18.0 Å². The van der Waals surface area contributed by atoms with Crippen LogP contribution in [0.5, 0.6) is 0 Å². The fourth-order valence-corrected chi connectivity index (χ4v) is 3.15. The van der Waals surface area contributed by atoms with Crippen molar-refractivity contribution in [1.29, 1.82) is 0 Å². The molecule has 0 aliphatic carbocycles. The number of H-pyrrole nitrogens is 1. The molecular weight excluding hydrogens is 411 g/mol. The van der Waals surface area contributed by atoms with Gasteiger partial charge in [0.2, 0.25) is 5.82 Å². The van der Waals surface area contributed by atoms with Crippen LogP contribution in [-0.2, 0) is 6.18 Å². The molecule has 7 nitrogen and oxygen atoms in total. The lowest BCUT2D eigenvalue weighted by Gasteiger charge is -2.11. The Bertz CT molecular complexity index is 1370. The molecule has 4 aromatic rings. The first-order chi connectivity index (χ1) is 14.7. The summed E-state index contributed by atoms with van der Waals surface area (Å²) in [6.07, 6.45) is -0.692. The van der Waals surface area contributed by atoms with Gasteiger partial charge in [-0.05, 0) is 42.1 Å². The Morgan fingerprint density at radius 2 is 1.87 bits per heavy atom. The first kappa shape index (κ1) is 20.2. The number of fused-ring (bicyclic) bond motifs is 1. The Hall–Kier alpha value is -4.08. The van der Waals surface area contributed by atoms with E-state index in [0.717, 1.165) is 17.8 Å². The van der Waals surface area contributed by atoms with Gasteiger partial charge in [-0.25, -0.2) is 9.97 Å². The zero-order chi connectivity index (χ0) is 22.2. The van der Waals surface area contributed by atoms with Crippen LogP contribution < -0.4 is 10.9 Å². The van der Waals surface area contributed by atoms with E-state index in [4.69, 9.17) is 0 Å². The predicted octanol–water partition coefficient (Wildman–Crippen LogP) is 3.96. The third kappa shape index (κ3) is 4.00. The van der Waals surface area contributed by atoms with E-state index in [9.17, 15) is 22.8 Å². The molecule has 1 amide bonds. The number of aryl methyl sites for hydroxylation is 1. The van der Waals surface area contributed by atoms with Gasteiger partial charge in [-0.2, -0.15) is 13.2 Å². The van der Waals surface area contributed by atoms with Crippen LogP contribution in [0.3, 0.4) is 0 Å². The van der Waals surface area contributed by atoms with Crippen molar-refractivity contribution in [3.63, 3.8) is 0 Å². The highest BCUT2D eigenvalue weighted by Gasteiger charge is 2.32. The molecule has 0 unspecified atom stereocenters. The maximum Gasteiger partial charge on any atom is 0.433 e. The average Bonchev–Trinajstić information content (AvgIpc) is 2.73. The number of amides is 1. The summed E-state index contributed by atoms with van der Waals surface area (Å²) < 4.78 is 38.4. The van der Waals surface area contributed by atoms with E-state index in [2.05, 4.69) is 25.3 Å². The van der Waals surface area contributed by atoms with Crippen molar-refractivity contribution in [2.24, 2.45) is 0 Å². The molecule has 10 heteroatoms. The van der Waals surface area contributed by atoms with Gasteiger partial charge in [-0.3, -0.25) is 14.6 Å². The summed E-state index contributed by atoms with van der Waals surface area (Å²) in [6, 6.07) is 8.96. The monoisotopic (exact) mass is 425 g/mol. The number of aromatic amines is 1. The van der Waals surface area contributed by atoms with E-state index in [1.165, 1.54) is 18.5 Å². The van der Waals surface area contributed by atoms with Crippen molar-refractivity contribution in [3.8, 4) is 11.1 Å². The number of nitrogens with zero attached hydrogens (tertiary/aromatic N) is 3. The van der Waals surface area contributed by atoms with Crippen LogP contribution in [0.2, 0.25) is 0 Å². The summed E-state index contributed by atoms with van der Waals surface area (Å²) in [5.74, 6) is -0.965. The van der Waals surface area contributed by atoms with Gasteiger partial charge in [-0.15, -0.1) is 0 Å². The molecule has 0 atom stereocenters. The third-order valence-corrected chi connectivity index (χ3v) is 4.60. The normalized spacial score (nSPS) is 11.5. The average molecular weight is 425 g/mol. The Morgan fingerprint density at radius 3 is 2.61 bits per heavy atom. The minimum atomic E-state index is -4.63. The number of alkyl halides is 3. The molecule has 0 aliphatic heterocycles. The summed E-state index contributed by atoms with van der Waals surface area (Å²) in [6.45, 7) is 1.67. The number of pyridine rings is 2. The molecule has 156 valence electrons. The first-order valence-electron chi connectivity index (χ1n) is 9.03. The number of hydrogen-bond acceptors (Lipinski definition) is 5. The number of rotatable bonds is 3. The van der Waals surface area contributed by atoms with Crippen molar-refractivity contribution in [2.45, 2.75) is 13.1 Å². The highest BCUT2D eigenvalue weighted by Crippen LogP contribution is 2.30. The summed E-state index contributed by atoms with van der Waals surface area (Å²) in [4.78, 5) is 38.6. The fraction of sp³-hybridized carbons (Fsp3) is 0.0952. The van der Waals surface area contributed by atoms with Crippen molar-refractivity contribution in [2.75, 3.05) is 5.32 Å². The van der Waals surface area contributed by atoms with Gasteiger partial charge in [0, 0.05) is 40.9 Å². The Balaban J connectivity index is 1.65. The van der Waals surface area contributed by atoms with E-state index in [1.807, 2.05) is 6.07 Å². The second kappa shape index (κ2) is 7.63. The lowest BCUT2D eigenvalue weighted by Crippen LogP contribution is -2.17. The van der Waals surface area contributed by atoms with Crippen LogP contribution in [0.4, 0.5) is 18.9 Å². The SMILES string of the molecule is Cc1nc(C(=O)Nc2ccnc(C(F)(F)F)c2)ncc1-c1cccc2c(=O)[nH]ccc12. The molecule has 4 rings (SSSR count). The molecule has 0 saturated heterocycles. The van der Waals surface area contributed by atoms with Crippen molar-refractivity contribution in [3.05, 3.63) is 82.6 Å². The second-order valence-electron chi connectivity index (χ2n) is 6.65. The Labute approximate surface area is 173 Å². The Morgan fingerprint density at radius 1 is 1.06 bits per heavy atom. The topological polar surface area (TPSA) is 101 Å². The van der Waals surface area contributed by atoms with E-state index >= 15 is 0 Å². The van der Waals surface area contributed by atoms with E-state index in [-0.39, 0.29) is 17.1 Å². The number of benzene rings is 1. The summed E-state index contributed by atoms with van der Waals surface area (Å²) in [7, 11) is 0. The molecule has 0 radical (unpaired) electrons. The minimum Gasteiger partial charge on any atom is -0.329 e. The van der Waals surface area contributed by atoms with E-state index < -0.39 is 17.8 Å². The smallest absolute Gasteiger partial charge is 0.329 e. The lowest BCUT2D eigenvalue weighted by atomic mass is 9.99. The summed E-state index contributed by atoms with van der Waals surface area (Å²) in [5.41, 5.74) is 0.380. The maximum atomic E-state index is 12.8. The molecular formula is C21H14F3N5O2. The highest BCUT2D eigenvalue weighted by atomic mass is 19.4. The van der Waals surface area contributed by atoms with Gasteiger partial charge < -0.3 is 10.3 Å². The largest absolute Gasteiger partial charge is 0.433 e. The lowest BCUT2D eigenvalue weighted by molar-refractivity contribution is -0.141. The molecule has 0 aliphatic rings. The second-order valence-corrected chi connectivity index (χ2v) is 6.65. The number of anilines is 1. The Kier molecular flexibility index (Phi) is 4.97. The number of carbonyl (C=O) groups is 1. The maximum absolute atomic E-state index is 12.8. The first-order valence-corrected chi connectivity index (χ1v) is 9.03. The predicted molar refractivity (Wildman–Crippen MR) is 108 cm³/mol. The van der Waals surface area contributed by atoms with Crippen LogP contribution in [0.15, 0.2) is 59.8 Å². The van der Waals surface area contributed by atoms with Crippen LogP contribution >= 0.6 is 0 Å². The van der Waals surface area contributed by atoms with Crippen molar-refractivity contribution >= 4 is 22.4 Å². The van der Waals surface area contributed by atoms with Gasteiger partial charge in [0.15, 0.2) is 0 Å². The number of hydrogen-bond donors (Lipinski definition) is 2. The zero-order valence-corrected chi connectivity index (χ0v) is 16.0. The van der Waals surface area contributed by atoms with Gasteiger partial charge >= 0.3 is 6.18 Å². The van der Waals surface area contributed by atoms with Crippen molar-refractivity contribution in [1.82, 2.24) is 19.9 Å². The van der Waals surface area contributed by atoms with Crippen LogP contribution in [0.25, 0.3) is 21.9 Å². The molecule has 3 aromatic heterocycles. The van der Waals surface area contributed by atoms with E-state index in [0.29, 0.717) is 22.0 Å². The third-order valence-electron chi connectivity index (χ3n) is 4.60. The molecule has 0 saturated carbocycles. The standard InChI is InChI=1S/C21H14F3N5O2/c1-11-16(13-3-2-4-15-14(13)6-8-26-19(15)30)10-27-18(28-11)20(31)29-12-5-7-25-17(9-12)21(22,23)24/h2-10H,1H3,(H,26,30)(H,25,29,31). The van der Waals surface area contributed by atoms with Crippen LogP contribution in [-0.4, -0.2) is 25.8 Å². The number of aromatic nitrogens is 4. The number of nitrogens with one attached hydrogen (secondary N) is 2. The fourth-order valence-electron chi connectivity index (χ4n) is 3.15. The molecule has 0 fully saturated rings. The van der Waals surface area contributed by atoms with Gasteiger partial charge in [0.05, 0.1) is 0 Å². The molecule has 0 bridgehead atoms. The van der Waals surface area contributed by atoms with Crippen LogP contribution in [0.1, 0.15) is 22.0 Å². The zero-order valence-electron chi connectivity index (χ0n) is 16.0. The highest BCUT2D eigenvalue weighted by molar-refractivity contribution is 6.02. The molecule has 0 spiro atoms. The quantitative estimate of drug-likeness (QED) is 0.518. The van der Waals surface area contributed by atoms with E-state index in [1.54, 1.807) is 25.1 Å².